The number of aryl methyl sites for hydroxylation is 1. The van der Waals surface area contributed by atoms with Crippen LogP contribution in [0, 0.1) is 6.92 Å². The molecule has 1 aliphatic heterocycles. The molecule has 0 saturated carbocycles. The van der Waals surface area contributed by atoms with Crippen LogP contribution in [-0.4, -0.2) is 36.9 Å². The van der Waals surface area contributed by atoms with E-state index in [9.17, 15) is 4.79 Å². The van der Waals surface area contributed by atoms with Crippen molar-refractivity contribution in [2.45, 2.75) is 32.4 Å². The molecule has 0 spiro atoms. The SMILES string of the molecule is Cc1nc(COc2ccccc2/C=C/C(=O)N2CCCC2c2nnc3ccccn23)cs1. The molecule has 1 amide bonds. The number of pyridine rings is 1. The van der Waals surface area contributed by atoms with E-state index in [-0.39, 0.29) is 11.9 Å². The fourth-order valence-corrected chi connectivity index (χ4v) is 4.62. The molecule has 1 fully saturated rings. The highest BCUT2D eigenvalue weighted by Gasteiger charge is 2.32. The van der Waals surface area contributed by atoms with Gasteiger partial charge in [0.05, 0.1) is 16.7 Å². The highest BCUT2D eigenvalue weighted by Crippen LogP contribution is 2.31. The molecule has 4 heterocycles. The first-order chi connectivity index (χ1) is 15.7. The quantitative estimate of drug-likeness (QED) is 0.410. The first-order valence-electron chi connectivity index (χ1n) is 10.6. The van der Waals surface area contributed by atoms with Gasteiger partial charge in [-0.3, -0.25) is 9.20 Å². The number of amides is 1. The summed E-state index contributed by atoms with van der Waals surface area (Å²) in [5.41, 5.74) is 2.55. The predicted octanol–water partition coefficient (Wildman–Crippen LogP) is 4.45. The Morgan fingerprint density at radius 3 is 2.97 bits per heavy atom. The summed E-state index contributed by atoms with van der Waals surface area (Å²) in [5.74, 6) is 1.50. The summed E-state index contributed by atoms with van der Waals surface area (Å²) in [7, 11) is 0. The zero-order chi connectivity index (χ0) is 21.9. The van der Waals surface area contributed by atoms with Crippen molar-refractivity contribution in [3.05, 3.63) is 82.2 Å². The molecule has 0 N–H and O–H groups in total. The molecule has 5 rings (SSSR count). The smallest absolute Gasteiger partial charge is 0.247 e. The van der Waals surface area contributed by atoms with E-state index >= 15 is 0 Å². The summed E-state index contributed by atoms with van der Waals surface area (Å²) >= 11 is 1.61. The van der Waals surface area contributed by atoms with Crippen LogP contribution in [0.3, 0.4) is 0 Å². The van der Waals surface area contributed by atoms with Crippen LogP contribution < -0.4 is 4.74 Å². The summed E-state index contributed by atoms with van der Waals surface area (Å²) in [6.07, 6.45) is 7.21. The van der Waals surface area contributed by atoms with Gasteiger partial charge in [-0.05, 0) is 44.0 Å². The highest BCUT2D eigenvalue weighted by molar-refractivity contribution is 7.09. The Hall–Kier alpha value is -3.52. The van der Waals surface area contributed by atoms with Crippen LogP contribution in [0.15, 0.2) is 60.1 Å². The van der Waals surface area contributed by atoms with Crippen LogP contribution in [0.1, 0.15) is 41.0 Å². The van der Waals surface area contributed by atoms with Crippen molar-refractivity contribution in [1.82, 2.24) is 24.5 Å². The average molecular weight is 446 g/mol. The number of likely N-dealkylation sites (tertiary alicyclic amines) is 1. The zero-order valence-corrected chi connectivity index (χ0v) is 18.5. The normalized spacial score (nSPS) is 16.3. The first-order valence-corrected chi connectivity index (χ1v) is 11.5. The molecule has 1 unspecified atom stereocenters. The van der Waals surface area contributed by atoms with Gasteiger partial charge in [-0.1, -0.05) is 24.3 Å². The monoisotopic (exact) mass is 445 g/mol. The number of hydrogen-bond acceptors (Lipinski definition) is 6. The van der Waals surface area contributed by atoms with E-state index in [1.807, 2.05) is 76.3 Å². The number of nitrogens with zero attached hydrogens (tertiary/aromatic N) is 5. The minimum absolute atomic E-state index is 0.0369. The Kier molecular flexibility index (Phi) is 5.68. The maximum Gasteiger partial charge on any atom is 0.247 e. The molecular weight excluding hydrogens is 422 g/mol. The van der Waals surface area contributed by atoms with Gasteiger partial charge in [0, 0.05) is 29.8 Å². The van der Waals surface area contributed by atoms with Crippen molar-refractivity contribution < 1.29 is 9.53 Å². The number of fused-ring (bicyclic) bond motifs is 1. The summed E-state index contributed by atoms with van der Waals surface area (Å²) in [6, 6.07) is 13.4. The van der Waals surface area contributed by atoms with E-state index in [0.717, 1.165) is 46.3 Å². The Balaban J connectivity index is 1.32. The topological polar surface area (TPSA) is 72.6 Å². The minimum atomic E-state index is -0.0797. The lowest BCUT2D eigenvalue weighted by Gasteiger charge is -2.22. The predicted molar refractivity (Wildman–Crippen MR) is 123 cm³/mol. The Labute approximate surface area is 190 Å². The molecule has 7 nitrogen and oxygen atoms in total. The van der Waals surface area contributed by atoms with Crippen molar-refractivity contribution >= 4 is 29.0 Å². The van der Waals surface area contributed by atoms with Gasteiger partial charge in [-0.25, -0.2) is 4.98 Å². The summed E-state index contributed by atoms with van der Waals surface area (Å²) in [4.78, 5) is 19.4. The summed E-state index contributed by atoms with van der Waals surface area (Å²) in [6.45, 7) is 3.08. The van der Waals surface area contributed by atoms with E-state index < -0.39 is 0 Å². The number of hydrogen-bond donors (Lipinski definition) is 0. The van der Waals surface area contributed by atoms with Gasteiger partial charge in [-0.15, -0.1) is 21.5 Å². The average Bonchev–Trinajstić information content (AvgIpc) is 3.55. The van der Waals surface area contributed by atoms with E-state index in [0.29, 0.717) is 13.2 Å². The molecule has 1 aliphatic rings. The van der Waals surface area contributed by atoms with E-state index in [4.69, 9.17) is 4.74 Å². The largest absolute Gasteiger partial charge is 0.487 e. The molecule has 4 aromatic rings. The van der Waals surface area contributed by atoms with Crippen molar-refractivity contribution in [2.24, 2.45) is 0 Å². The van der Waals surface area contributed by atoms with Crippen LogP contribution in [-0.2, 0) is 11.4 Å². The maximum atomic E-state index is 13.1. The maximum absolute atomic E-state index is 13.1. The fourth-order valence-electron chi connectivity index (χ4n) is 4.02. The standard InChI is InChI=1S/C24H23N5O2S/c1-17-25-19(16-32-17)15-31-21-9-3-2-7-18(21)11-12-23(30)28-14-6-8-20(28)24-27-26-22-10-4-5-13-29(22)24/h2-5,7,9-13,16,20H,6,8,14-15H2,1H3/b12-11+. The Bertz CT molecular complexity index is 1280. The molecule has 162 valence electrons. The van der Waals surface area contributed by atoms with E-state index in [2.05, 4.69) is 15.2 Å². The van der Waals surface area contributed by atoms with Gasteiger partial charge < -0.3 is 9.64 Å². The number of carbonyl (C=O) groups is 1. The molecule has 0 radical (unpaired) electrons. The summed E-state index contributed by atoms with van der Waals surface area (Å²) < 4.78 is 7.93. The number of carbonyl (C=O) groups excluding carboxylic acids is 1. The van der Waals surface area contributed by atoms with Crippen LogP contribution >= 0.6 is 11.3 Å². The van der Waals surface area contributed by atoms with Crippen molar-refractivity contribution in [1.29, 1.82) is 0 Å². The molecule has 8 heteroatoms. The molecular formula is C24H23N5O2S. The third-order valence-corrected chi connectivity index (χ3v) is 6.36. The molecule has 1 saturated heterocycles. The Morgan fingerprint density at radius 1 is 1.22 bits per heavy atom. The molecule has 0 bridgehead atoms. The highest BCUT2D eigenvalue weighted by atomic mass is 32.1. The number of rotatable bonds is 6. The molecule has 1 atom stereocenters. The fraction of sp³-hybridized carbons (Fsp3) is 0.250. The van der Waals surface area contributed by atoms with Gasteiger partial charge >= 0.3 is 0 Å². The lowest BCUT2D eigenvalue weighted by molar-refractivity contribution is -0.127. The third kappa shape index (κ3) is 4.13. The van der Waals surface area contributed by atoms with Gasteiger partial charge in [0.2, 0.25) is 5.91 Å². The lowest BCUT2D eigenvalue weighted by Crippen LogP contribution is -2.30. The van der Waals surface area contributed by atoms with Crippen LogP contribution in [0.25, 0.3) is 11.7 Å². The van der Waals surface area contributed by atoms with Crippen LogP contribution in [0.5, 0.6) is 5.75 Å². The van der Waals surface area contributed by atoms with Crippen molar-refractivity contribution in [2.75, 3.05) is 6.54 Å². The van der Waals surface area contributed by atoms with Crippen LogP contribution in [0.2, 0.25) is 0 Å². The van der Waals surface area contributed by atoms with Crippen molar-refractivity contribution in [3.8, 4) is 5.75 Å². The zero-order valence-electron chi connectivity index (χ0n) is 17.7. The molecule has 1 aromatic carbocycles. The van der Waals surface area contributed by atoms with Crippen LogP contribution in [0.4, 0.5) is 0 Å². The molecule has 3 aromatic heterocycles. The van der Waals surface area contributed by atoms with E-state index in [1.54, 1.807) is 17.4 Å². The van der Waals surface area contributed by atoms with Gasteiger partial charge in [-0.2, -0.15) is 0 Å². The Morgan fingerprint density at radius 2 is 2.09 bits per heavy atom. The van der Waals surface area contributed by atoms with Gasteiger partial charge in [0.15, 0.2) is 11.5 Å². The third-order valence-electron chi connectivity index (χ3n) is 5.54. The summed E-state index contributed by atoms with van der Waals surface area (Å²) in [5, 5.41) is 11.6. The lowest BCUT2D eigenvalue weighted by atomic mass is 10.1. The number of thiazole rings is 1. The van der Waals surface area contributed by atoms with E-state index in [1.165, 1.54) is 0 Å². The second-order valence-corrected chi connectivity index (χ2v) is 8.76. The minimum Gasteiger partial charge on any atom is -0.487 e. The molecule has 32 heavy (non-hydrogen) atoms. The molecule has 0 aliphatic carbocycles. The second-order valence-electron chi connectivity index (χ2n) is 7.69. The number of benzene rings is 1. The first kappa shape index (κ1) is 20.4. The van der Waals surface area contributed by atoms with Gasteiger partial charge in [0.25, 0.3) is 0 Å². The second kappa shape index (κ2) is 8.92. The van der Waals surface area contributed by atoms with Crippen molar-refractivity contribution in [3.63, 3.8) is 0 Å². The number of ether oxygens (including phenoxy) is 1. The number of aromatic nitrogens is 4. The number of para-hydroxylation sites is 1. The van der Waals surface area contributed by atoms with Gasteiger partial charge in [0.1, 0.15) is 12.4 Å².